The Morgan fingerprint density at radius 1 is 1.47 bits per heavy atom. The number of nitrogens with zero attached hydrogens (tertiary/aromatic N) is 2. The second-order valence-electron chi connectivity index (χ2n) is 4.48. The van der Waals surface area contributed by atoms with Gasteiger partial charge in [0, 0.05) is 0 Å². The number of nitrogens with two attached hydrogens (primary N) is 1. The molecule has 2 rings (SSSR count). The molecule has 0 saturated carbocycles. The van der Waals surface area contributed by atoms with Crippen LogP contribution in [0.3, 0.4) is 0 Å². The molecule has 0 aromatic heterocycles. The van der Waals surface area contributed by atoms with Crippen LogP contribution in [0.2, 0.25) is 0 Å². The van der Waals surface area contributed by atoms with Gasteiger partial charge in [-0.25, -0.2) is 0 Å². The number of rotatable bonds is 3. The van der Waals surface area contributed by atoms with Gasteiger partial charge in [0.05, 0.1) is 0 Å². The number of hydrogen-bond acceptors (Lipinski definition) is 4. The maximum absolute atomic E-state index is 12.0. The van der Waals surface area contributed by atoms with Crippen LogP contribution in [-0.2, 0) is 4.79 Å². The van der Waals surface area contributed by atoms with E-state index >= 15 is 0 Å². The van der Waals surface area contributed by atoms with Crippen LogP contribution < -0.4 is 11.1 Å². The standard InChI is InChI=1S/C11H14N4OSe/c1-11(2,6-12)10(16)13-7-4-3-5-8-9(7)15-17-14-8/h3-5H,6,12H2,1-2H3,(H,13,16). The van der Waals surface area contributed by atoms with Gasteiger partial charge in [0.1, 0.15) is 0 Å². The van der Waals surface area contributed by atoms with Crippen LogP contribution in [0.4, 0.5) is 17.1 Å². The molecule has 0 saturated heterocycles. The molecule has 0 fully saturated rings. The van der Waals surface area contributed by atoms with Gasteiger partial charge in [-0.15, -0.1) is 0 Å². The second-order valence-corrected chi connectivity index (χ2v) is 5.59. The van der Waals surface area contributed by atoms with E-state index in [1.807, 2.05) is 32.0 Å². The Hall–Kier alpha value is -1.23. The Morgan fingerprint density at radius 2 is 2.24 bits per heavy atom. The van der Waals surface area contributed by atoms with E-state index in [0.717, 1.165) is 17.1 Å². The molecule has 3 N–H and O–H groups in total. The van der Waals surface area contributed by atoms with E-state index in [1.165, 1.54) is 0 Å². The Kier molecular flexibility index (Phi) is 3.28. The van der Waals surface area contributed by atoms with Crippen molar-refractivity contribution < 1.29 is 4.79 Å². The molecular weight excluding hydrogens is 283 g/mol. The molecule has 1 aliphatic rings. The summed E-state index contributed by atoms with van der Waals surface area (Å²) in [6, 6.07) is 5.60. The van der Waals surface area contributed by atoms with Crippen molar-refractivity contribution in [3.8, 4) is 0 Å². The molecule has 1 heterocycles. The number of anilines is 1. The SMILES string of the molecule is CC(C)(CN)C(=O)Nc1cccc2c1N=[Se]=N2. The van der Waals surface area contributed by atoms with Gasteiger partial charge in [-0.3, -0.25) is 0 Å². The Labute approximate surface area is 106 Å². The van der Waals surface area contributed by atoms with E-state index in [4.69, 9.17) is 5.73 Å². The number of amides is 1. The van der Waals surface area contributed by atoms with Crippen LogP contribution in [-0.4, -0.2) is 27.0 Å². The number of nitrogens with one attached hydrogen (secondary N) is 1. The molecular formula is C11H14N4OSe. The Bertz CT molecular complexity index is 532. The first-order valence-electron chi connectivity index (χ1n) is 5.27. The predicted molar refractivity (Wildman–Crippen MR) is 67.8 cm³/mol. The van der Waals surface area contributed by atoms with Crippen molar-refractivity contribution in [2.24, 2.45) is 19.1 Å². The summed E-state index contributed by atoms with van der Waals surface area (Å²) in [5, 5.41) is 2.87. The number of hydrogen-bond donors (Lipinski definition) is 2. The van der Waals surface area contributed by atoms with E-state index in [1.54, 1.807) is 0 Å². The summed E-state index contributed by atoms with van der Waals surface area (Å²) in [5.74, 6) is -0.0944. The van der Waals surface area contributed by atoms with Gasteiger partial charge in [-0.05, 0) is 0 Å². The monoisotopic (exact) mass is 298 g/mol. The first-order chi connectivity index (χ1) is 8.04. The zero-order valence-electron chi connectivity index (χ0n) is 9.73. The van der Waals surface area contributed by atoms with E-state index in [2.05, 4.69) is 13.2 Å². The van der Waals surface area contributed by atoms with Crippen LogP contribution >= 0.6 is 0 Å². The summed E-state index contributed by atoms with van der Waals surface area (Å²) < 4.78 is 8.58. The first kappa shape index (κ1) is 12.2. The Balaban J connectivity index is 2.24. The molecule has 1 aromatic carbocycles. The molecule has 17 heavy (non-hydrogen) atoms. The summed E-state index contributed by atoms with van der Waals surface area (Å²) in [4.78, 5) is 12.0. The fourth-order valence-corrected chi connectivity index (χ4v) is 2.44. The molecule has 1 aromatic rings. The third-order valence-electron chi connectivity index (χ3n) is 2.66. The third-order valence-corrected chi connectivity index (χ3v) is 3.80. The van der Waals surface area contributed by atoms with E-state index in [9.17, 15) is 4.79 Å². The predicted octanol–water partition coefficient (Wildman–Crippen LogP) is 1.96. The van der Waals surface area contributed by atoms with Crippen LogP contribution in [0.1, 0.15) is 13.8 Å². The number of carbonyl (C=O) groups is 1. The zero-order valence-corrected chi connectivity index (χ0v) is 11.4. The molecule has 1 amide bonds. The first-order valence-corrected chi connectivity index (χ1v) is 6.80. The van der Waals surface area contributed by atoms with Crippen LogP contribution in [0, 0.1) is 5.41 Å². The molecule has 0 radical (unpaired) electrons. The normalized spacial score (nSPS) is 13.1. The molecule has 0 spiro atoms. The number of benzene rings is 1. The van der Waals surface area contributed by atoms with Crippen LogP contribution in [0.25, 0.3) is 0 Å². The molecule has 1 aliphatic heterocycles. The Morgan fingerprint density at radius 3 is 2.94 bits per heavy atom. The quantitative estimate of drug-likeness (QED) is 0.849. The average molecular weight is 297 g/mol. The van der Waals surface area contributed by atoms with Crippen molar-refractivity contribution in [3.05, 3.63) is 18.2 Å². The molecule has 0 atom stereocenters. The van der Waals surface area contributed by atoms with Gasteiger partial charge in [0.25, 0.3) is 0 Å². The molecule has 6 heteroatoms. The second kappa shape index (κ2) is 4.56. The summed E-state index contributed by atoms with van der Waals surface area (Å²) in [6.07, 6.45) is 0. The summed E-state index contributed by atoms with van der Waals surface area (Å²) >= 11 is -0.0907. The fraction of sp³-hybridized carbons (Fsp3) is 0.364. The van der Waals surface area contributed by atoms with E-state index < -0.39 is 5.41 Å². The molecule has 0 unspecified atom stereocenters. The maximum atomic E-state index is 12.0. The molecule has 0 aliphatic carbocycles. The van der Waals surface area contributed by atoms with Gasteiger partial charge in [0.2, 0.25) is 0 Å². The van der Waals surface area contributed by atoms with Crippen molar-refractivity contribution >= 4 is 37.5 Å². The fourth-order valence-electron chi connectivity index (χ4n) is 1.29. The van der Waals surface area contributed by atoms with Gasteiger partial charge in [0.15, 0.2) is 0 Å². The molecule has 90 valence electrons. The van der Waals surface area contributed by atoms with Crippen molar-refractivity contribution in [1.29, 1.82) is 0 Å². The molecule has 5 nitrogen and oxygen atoms in total. The summed E-state index contributed by atoms with van der Waals surface area (Å²) in [6.45, 7) is 3.94. The minimum absolute atomic E-state index is 0.0907. The summed E-state index contributed by atoms with van der Waals surface area (Å²) in [5.41, 5.74) is 7.35. The number of carbonyl (C=O) groups excluding carboxylic acids is 1. The average Bonchev–Trinajstić information content (AvgIpc) is 2.78. The summed E-state index contributed by atoms with van der Waals surface area (Å²) in [7, 11) is 0. The van der Waals surface area contributed by atoms with E-state index in [0.29, 0.717) is 6.54 Å². The van der Waals surface area contributed by atoms with Crippen molar-refractivity contribution in [2.45, 2.75) is 13.8 Å². The van der Waals surface area contributed by atoms with Crippen molar-refractivity contribution in [2.75, 3.05) is 11.9 Å². The van der Waals surface area contributed by atoms with Gasteiger partial charge in [-0.2, -0.15) is 0 Å². The van der Waals surface area contributed by atoms with Crippen molar-refractivity contribution in [3.63, 3.8) is 0 Å². The van der Waals surface area contributed by atoms with Crippen LogP contribution in [0.5, 0.6) is 0 Å². The number of fused-ring (bicyclic) bond motifs is 1. The van der Waals surface area contributed by atoms with E-state index in [-0.39, 0.29) is 20.5 Å². The molecule has 0 bridgehead atoms. The minimum atomic E-state index is -0.580. The van der Waals surface area contributed by atoms with Crippen molar-refractivity contribution in [1.82, 2.24) is 0 Å². The third kappa shape index (κ3) is 2.39. The topological polar surface area (TPSA) is 79.8 Å². The van der Waals surface area contributed by atoms with Gasteiger partial charge >= 0.3 is 105 Å². The van der Waals surface area contributed by atoms with Crippen LogP contribution in [0.15, 0.2) is 26.1 Å². The van der Waals surface area contributed by atoms with Gasteiger partial charge in [-0.1, -0.05) is 0 Å². The van der Waals surface area contributed by atoms with Gasteiger partial charge < -0.3 is 0 Å². The zero-order chi connectivity index (χ0) is 12.5.